The summed E-state index contributed by atoms with van der Waals surface area (Å²) >= 11 is 0. The van der Waals surface area contributed by atoms with Gasteiger partial charge >= 0.3 is 17.7 Å². The molecule has 0 unspecified atom stereocenters. The number of esters is 1. The predicted molar refractivity (Wildman–Crippen MR) is 127 cm³/mol. The van der Waals surface area contributed by atoms with Crippen LogP contribution in [0.3, 0.4) is 0 Å². The minimum Gasteiger partial charge on any atom is -0.445 e. The van der Waals surface area contributed by atoms with Crippen molar-refractivity contribution in [1.82, 2.24) is 4.90 Å². The third-order valence-corrected chi connectivity index (χ3v) is 6.10. The number of rotatable bonds is 4. The summed E-state index contributed by atoms with van der Waals surface area (Å²) in [5, 5.41) is 2.07. The summed E-state index contributed by atoms with van der Waals surface area (Å²) in [6.07, 6.45) is 0.603. The molecule has 2 heterocycles. The van der Waals surface area contributed by atoms with E-state index in [0.29, 0.717) is 42.6 Å². The first kappa shape index (κ1) is 21.7. The molecule has 3 aromatic carbocycles. The Morgan fingerprint density at radius 3 is 2.35 bits per heavy atom. The zero-order valence-electron chi connectivity index (χ0n) is 18.4. The molecule has 1 aromatic heterocycles. The Hall–Kier alpha value is -4.13. The average Bonchev–Trinajstić information content (AvgIpc) is 2.88. The number of benzene rings is 3. The molecule has 1 fully saturated rings. The molecular weight excluding hydrogens is 434 g/mol. The minimum atomic E-state index is -0.432. The number of likely N-dealkylation sites (tertiary alicyclic amines) is 1. The van der Waals surface area contributed by atoms with Crippen LogP contribution < -0.4 is 10.4 Å². The SMILES string of the molecule is O=C(Oc1ccc2c(c1)oc(=O)c1ccccc12)C1CCN(C(=O)OCc2ccccc2)CC1. The lowest BCUT2D eigenvalue weighted by atomic mass is 9.97. The standard InChI is InChI=1S/C27H23NO6/c29-25(19-12-14-28(15-13-19)27(31)32-17-18-6-2-1-3-7-18)33-20-10-11-22-21-8-4-5-9-23(21)26(30)34-24(22)16-20/h1-11,16,19H,12-15,17H2. The van der Waals surface area contributed by atoms with E-state index in [0.717, 1.165) is 16.3 Å². The zero-order valence-corrected chi connectivity index (χ0v) is 18.4. The first-order valence-corrected chi connectivity index (χ1v) is 11.2. The second-order valence-corrected chi connectivity index (χ2v) is 8.32. The fraction of sp³-hybridized carbons (Fsp3) is 0.222. The van der Waals surface area contributed by atoms with Crippen LogP contribution in [0.1, 0.15) is 18.4 Å². The van der Waals surface area contributed by atoms with E-state index in [1.54, 1.807) is 35.2 Å². The Morgan fingerprint density at radius 2 is 1.59 bits per heavy atom. The maximum absolute atomic E-state index is 12.7. The Balaban J connectivity index is 1.19. The number of carbonyl (C=O) groups is 2. The van der Waals surface area contributed by atoms with E-state index in [2.05, 4.69) is 0 Å². The van der Waals surface area contributed by atoms with Crippen LogP contribution in [-0.2, 0) is 16.1 Å². The van der Waals surface area contributed by atoms with Gasteiger partial charge in [0.1, 0.15) is 17.9 Å². The van der Waals surface area contributed by atoms with Crippen molar-refractivity contribution in [3.05, 3.63) is 88.8 Å². The Labute approximate surface area is 195 Å². The van der Waals surface area contributed by atoms with Gasteiger partial charge in [0.2, 0.25) is 0 Å². The monoisotopic (exact) mass is 457 g/mol. The molecule has 5 rings (SSSR count). The molecule has 0 atom stereocenters. The van der Waals surface area contributed by atoms with Gasteiger partial charge in [-0.1, -0.05) is 48.5 Å². The molecule has 0 saturated carbocycles. The fourth-order valence-corrected chi connectivity index (χ4v) is 4.23. The highest BCUT2D eigenvalue weighted by atomic mass is 16.6. The summed E-state index contributed by atoms with van der Waals surface area (Å²) in [5.41, 5.74) is 0.858. The van der Waals surface area contributed by atoms with Crippen molar-refractivity contribution in [2.24, 2.45) is 5.92 Å². The summed E-state index contributed by atoms with van der Waals surface area (Å²) in [6.45, 7) is 1.06. The molecule has 7 heteroatoms. The van der Waals surface area contributed by atoms with E-state index in [4.69, 9.17) is 13.9 Å². The van der Waals surface area contributed by atoms with Gasteiger partial charge in [0.15, 0.2) is 0 Å². The van der Waals surface area contributed by atoms with Crippen molar-refractivity contribution in [2.75, 3.05) is 13.1 Å². The van der Waals surface area contributed by atoms with Gasteiger partial charge in [-0.25, -0.2) is 9.59 Å². The van der Waals surface area contributed by atoms with Crippen molar-refractivity contribution in [1.29, 1.82) is 0 Å². The first-order chi connectivity index (χ1) is 16.6. The Morgan fingerprint density at radius 1 is 0.882 bits per heavy atom. The maximum Gasteiger partial charge on any atom is 0.410 e. The van der Waals surface area contributed by atoms with Gasteiger partial charge in [0.05, 0.1) is 11.3 Å². The lowest BCUT2D eigenvalue weighted by molar-refractivity contribution is -0.140. The number of hydrogen-bond acceptors (Lipinski definition) is 6. The highest BCUT2D eigenvalue weighted by molar-refractivity contribution is 6.04. The van der Waals surface area contributed by atoms with E-state index < -0.39 is 5.63 Å². The zero-order chi connectivity index (χ0) is 23.5. The third kappa shape index (κ3) is 4.50. The number of ether oxygens (including phenoxy) is 2. The summed E-state index contributed by atoms with van der Waals surface area (Å²) in [6, 6.07) is 21.8. The average molecular weight is 457 g/mol. The van der Waals surface area contributed by atoms with Crippen LogP contribution >= 0.6 is 0 Å². The normalized spacial score (nSPS) is 14.3. The van der Waals surface area contributed by atoms with Gasteiger partial charge in [-0.2, -0.15) is 0 Å². The van der Waals surface area contributed by atoms with E-state index in [-0.39, 0.29) is 24.6 Å². The van der Waals surface area contributed by atoms with Crippen LogP contribution in [-0.4, -0.2) is 30.1 Å². The molecule has 0 aliphatic carbocycles. The lowest BCUT2D eigenvalue weighted by Crippen LogP contribution is -2.41. The summed E-state index contributed by atoms with van der Waals surface area (Å²) in [7, 11) is 0. The molecule has 0 radical (unpaired) electrons. The molecule has 1 aliphatic heterocycles. The van der Waals surface area contributed by atoms with Crippen LogP contribution in [0.4, 0.5) is 4.79 Å². The Kier molecular flexibility index (Phi) is 5.99. The maximum atomic E-state index is 12.7. The van der Waals surface area contributed by atoms with Gasteiger partial charge in [0.25, 0.3) is 0 Å². The van der Waals surface area contributed by atoms with Gasteiger partial charge in [-0.05, 0) is 42.0 Å². The molecule has 7 nitrogen and oxygen atoms in total. The molecular formula is C27H23NO6. The molecule has 1 aliphatic rings. The number of nitrogens with zero attached hydrogens (tertiary/aromatic N) is 1. The number of amides is 1. The molecule has 4 aromatic rings. The highest BCUT2D eigenvalue weighted by Gasteiger charge is 2.29. The van der Waals surface area contributed by atoms with Crippen molar-refractivity contribution >= 4 is 33.8 Å². The summed E-state index contributed by atoms with van der Waals surface area (Å²) in [4.78, 5) is 38.9. The number of carbonyl (C=O) groups excluding carboxylic acids is 2. The van der Waals surface area contributed by atoms with Crippen LogP contribution in [0.15, 0.2) is 82.0 Å². The topological polar surface area (TPSA) is 86.0 Å². The first-order valence-electron chi connectivity index (χ1n) is 11.2. The van der Waals surface area contributed by atoms with Crippen molar-refractivity contribution in [2.45, 2.75) is 19.4 Å². The van der Waals surface area contributed by atoms with Crippen LogP contribution in [0.2, 0.25) is 0 Å². The van der Waals surface area contributed by atoms with Crippen molar-refractivity contribution < 1.29 is 23.5 Å². The quantitative estimate of drug-likeness (QED) is 0.188. The van der Waals surface area contributed by atoms with Crippen LogP contribution in [0.25, 0.3) is 21.7 Å². The number of piperidine rings is 1. The van der Waals surface area contributed by atoms with Gasteiger partial charge in [-0.3, -0.25) is 4.79 Å². The molecule has 1 saturated heterocycles. The molecule has 1 amide bonds. The van der Waals surface area contributed by atoms with Crippen LogP contribution in [0, 0.1) is 5.92 Å². The summed E-state index contributed by atoms with van der Waals surface area (Å²) < 4.78 is 16.4. The van der Waals surface area contributed by atoms with Gasteiger partial charge < -0.3 is 18.8 Å². The van der Waals surface area contributed by atoms with Crippen molar-refractivity contribution in [3.63, 3.8) is 0 Å². The second kappa shape index (κ2) is 9.39. The van der Waals surface area contributed by atoms with E-state index in [1.807, 2.05) is 42.5 Å². The molecule has 0 spiro atoms. The van der Waals surface area contributed by atoms with E-state index in [9.17, 15) is 14.4 Å². The number of fused-ring (bicyclic) bond motifs is 3. The van der Waals surface area contributed by atoms with E-state index in [1.165, 1.54) is 0 Å². The van der Waals surface area contributed by atoms with Crippen molar-refractivity contribution in [3.8, 4) is 5.75 Å². The predicted octanol–water partition coefficient (Wildman–Crippen LogP) is 4.90. The third-order valence-electron chi connectivity index (χ3n) is 6.10. The fourth-order valence-electron chi connectivity index (χ4n) is 4.23. The number of hydrogen-bond donors (Lipinski definition) is 0. The second-order valence-electron chi connectivity index (χ2n) is 8.32. The van der Waals surface area contributed by atoms with Gasteiger partial charge in [0, 0.05) is 24.5 Å². The molecule has 34 heavy (non-hydrogen) atoms. The lowest BCUT2D eigenvalue weighted by Gasteiger charge is -2.30. The smallest absolute Gasteiger partial charge is 0.410 e. The molecule has 172 valence electrons. The van der Waals surface area contributed by atoms with Crippen LogP contribution in [0.5, 0.6) is 5.75 Å². The molecule has 0 bridgehead atoms. The van der Waals surface area contributed by atoms with Gasteiger partial charge in [-0.15, -0.1) is 0 Å². The minimum absolute atomic E-state index is 0.217. The Bertz CT molecular complexity index is 1400. The summed E-state index contributed by atoms with van der Waals surface area (Å²) in [5.74, 6) is -0.363. The highest BCUT2D eigenvalue weighted by Crippen LogP contribution is 2.27. The van der Waals surface area contributed by atoms with E-state index >= 15 is 0 Å². The molecule has 0 N–H and O–H groups in total. The largest absolute Gasteiger partial charge is 0.445 e.